The van der Waals surface area contributed by atoms with Gasteiger partial charge in [0.2, 0.25) is 10.0 Å². The van der Waals surface area contributed by atoms with Gasteiger partial charge in [-0.2, -0.15) is 4.31 Å². The van der Waals surface area contributed by atoms with Gasteiger partial charge in [0.05, 0.1) is 4.90 Å². The van der Waals surface area contributed by atoms with Crippen molar-refractivity contribution in [2.24, 2.45) is 0 Å². The molecule has 0 amide bonds. The molecule has 0 radical (unpaired) electrons. The summed E-state index contributed by atoms with van der Waals surface area (Å²) in [5, 5.41) is 0. The zero-order valence-electron chi connectivity index (χ0n) is 12.9. The minimum absolute atomic E-state index is 0.0538. The summed E-state index contributed by atoms with van der Waals surface area (Å²) in [5.41, 5.74) is 1.04. The van der Waals surface area contributed by atoms with Gasteiger partial charge >= 0.3 is 6.01 Å². The Kier molecular flexibility index (Phi) is 4.58. The molecule has 1 aromatic carbocycles. The number of hydrogen-bond donors (Lipinski definition) is 0. The molecule has 0 aliphatic carbocycles. The lowest BCUT2D eigenvalue weighted by molar-refractivity contribution is 0.124. The van der Waals surface area contributed by atoms with E-state index in [2.05, 4.69) is 9.97 Å². The third kappa shape index (κ3) is 3.68. The van der Waals surface area contributed by atoms with E-state index in [1.54, 1.807) is 30.6 Å². The molecule has 0 bridgehead atoms. The topological polar surface area (TPSA) is 72.4 Å². The highest BCUT2D eigenvalue weighted by Crippen LogP contribution is 2.22. The lowest BCUT2D eigenvalue weighted by Crippen LogP contribution is -2.41. The van der Waals surface area contributed by atoms with Gasteiger partial charge in [-0.25, -0.2) is 18.4 Å². The number of rotatable bonds is 4. The van der Waals surface area contributed by atoms with Gasteiger partial charge in [-0.3, -0.25) is 0 Å². The molecule has 1 saturated heterocycles. The van der Waals surface area contributed by atoms with E-state index in [0.717, 1.165) is 5.56 Å². The van der Waals surface area contributed by atoms with Gasteiger partial charge in [0.25, 0.3) is 0 Å². The first kappa shape index (κ1) is 15.9. The van der Waals surface area contributed by atoms with Crippen molar-refractivity contribution in [2.45, 2.75) is 30.8 Å². The molecule has 122 valence electrons. The van der Waals surface area contributed by atoms with Crippen LogP contribution in [0.1, 0.15) is 18.4 Å². The normalized spacial score (nSPS) is 17.1. The number of hydrogen-bond acceptors (Lipinski definition) is 5. The number of aryl methyl sites for hydroxylation is 1. The predicted molar refractivity (Wildman–Crippen MR) is 85.6 cm³/mol. The highest BCUT2D eigenvalue weighted by molar-refractivity contribution is 7.89. The molecule has 1 aromatic heterocycles. The highest BCUT2D eigenvalue weighted by atomic mass is 32.2. The number of piperidine rings is 1. The van der Waals surface area contributed by atoms with Crippen LogP contribution in [0.4, 0.5) is 0 Å². The maximum absolute atomic E-state index is 12.6. The van der Waals surface area contributed by atoms with Crippen molar-refractivity contribution in [3.63, 3.8) is 0 Å². The predicted octanol–water partition coefficient (Wildman–Crippen LogP) is 2.02. The quantitative estimate of drug-likeness (QED) is 0.856. The van der Waals surface area contributed by atoms with E-state index in [1.165, 1.54) is 4.31 Å². The third-order valence-corrected chi connectivity index (χ3v) is 5.79. The van der Waals surface area contributed by atoms with Gasteiger partial charge in [0.1, 0.15) is 6.10 Å². The summed E-state index contributed by atoms with van der Waals surface area (Å²) in [6.07, 6.45) is 4.45. The fourth-order valence-corrected chi connectivity index (χ4v) is 4.01. The summed E-state index contributed by atoms with van der Waals surface area (Å²) in [6.45, 7) is 2.81. The van der Waals surface area contributed by atoms with Crippen molar-refractivity contribution in [1.29, 1.82) is 0 Å². The second kappa shape index (κ2) is 6.64. The first-order valence-electron chi connectivity index (χ1n) is 7.56. The molecule has 0 unspecified atom stereocenters. The first-order chi connectivity index (χ1) is 11.1. The van der Waals surface area contributed by atoms with Crippen LogP contribution in [0.15, 0.2) is 47.6 Å². The molecule has 23 heavy (non-hydrogen) atoms. The van der Waals surface area contributed by atoms with Crippen molar-refractivity contribution in [3.8, 4) is 6.01 Å². The lowest BCUT2D eigenvalue weighted by Gasteiger charge is -2.30. The monoisotopic (exact) mass is 333 g/mol. The first-order valence-corrected chi connectivity index (χ1v) is 9.00. The van der Waals surface area contributed by atoms with Crippen LogP contribution in [0.2, 0.25) is 0 Å². The molecular formula is C16H19N3O3S. The van der Waals surface area contributed by atoms with E-state index >= 15 is 0 Å². The van der Waals surface area contributed by atoms with Crippen LogP contribution in [0, 0.1) is 6.92 Å². The van der Waals surface area contributed by atoms with Crippen molar-refractivity contribution in [3.05, 3.63) is 48.3 Å². The third-order valence-electron chi connectivity index (χ3n) is 3.87. The average Bonchev–Trinajstić information content (AvgIpc) is 2.57. The Labute approximate surface area is 136 Å². The molecule has 1 aliphatic rings. The second-order valence-corrected chi connectivity index (χ2v) is 7.50. The van der Waals surface area contributed by atoms with Crippen molar-refractivity contribution < 1.29 is 13.2 Å². The van der Waals surface area contributed by atoms with Gasteiger partial charge in [-0.1, -0.05) is 17.7 Å². The second-order valence-electron chi connectivity index (χ2n) is 5.57. The maximum atomic E-state index is 12.6. The van der Waals surface area contributed by atoms with Crippen LogP contribution in [-0.2, 0) is 10.0 Å². The fourth-order valence-electron chi connectivity index (χ4n) is 2.54. The number of aromatic nitrogens is 2. The minimum Gasteiger partial charge on any atom is -0.460 e. The number of benzene rings is 1. The minimum atomic E-state index is -3.43. The van der Waals surface area contributed by atoms with Crippen LogP contribution < -0.4 is 4.74 Å². The molecule has 7 heteroatoms. The summed E-state index contributed by atoms with van der Waals surface area (Å²) in [6, 6.07) is 9.01. The van der Waals surface area contributed by atoms with Crippen molar-refractivity contribution >= 4 is 10.0 Å². The van der Waals surface area contributed by atoms with Crippen LogP contribution in [0.25, 0.3) is 0 Å². The summed E-state index contributed by atoms with van der Waals surface area (Å²) >= 11 is 0. The Morgan fingerprint density at radius 2 is 1.70 bits per heavy atom. The van der Waals surface area contributed by atoms with E-state index < -0.39 is 10.0 Å². The Bertz CT molecular complexity index is 740. The SMILES string of the molecule is Cc1ccc(S(=O)(=O)N2CCC(Oc3ncccn3)CC2)cc1. The fraction of sp³-hybridized carbons (Fsp3) is 0.375. The highest BCUT2D eigenvalue weighted by Gasteiger charge is 2.30. The molecule has 2 aromatic rings. The Morgan fingerprint density at radius 3 is 2.30 bits per heavy atom. The zero-order valence-corrected chi connectivity index (χ0v) is 13.7. The molecule has 0 saturated carbocycles. The Hall–Kier alpha value is -1.99. The summed E-state index contributed by atoms with van der Waals surface area (Å²) < 4.78 is 32.5. The summed E-state index contributed by atoms with van der Waals surface area (Å²) in [4.78, 5) is 8.40. The van der Waals surface area contributed by atoms with Gasteiger partial charge < -0.3 is 4.74 Å². The molecule has 1 fully saturated rings. The zero-order chi connectivity index (χ0) is 16.3. The molecule has 0 spiro atoms. The molecule has 0 N–H and O–H groups in total. The van der Waals surface area contributed by atoms with Crippen molar-refractivity contribution in [1.82, 2.24) is 14.3 Å². The Morgan fingerprint density at radius 1 is 1.09 bits per heavy atom. The van der Waals surface area contributed by atoms with Gasteiger partial charge in [0.15, 0.2) is 0 Å². The summed E-state index contributed by atoms with van der Waals surface area (Å²) in [5.74, 6) is 0. The standard InChI is InChI=1S/C16H19N3O3S/c1-13-3-5-15(6-4-13)23(20,21)19-11-7-14(8-12-19)22-16-17-9-2-10-18-16/h2-6,9-10,14H,7-8,11-12H2,1H3. The molecule has 1 aliphatic heterocycles. The van der Waals surface area contributed by atoms with Crippen molar-refractivity contribution in [2.75, 3.05) is 13.1 Å². The lowest BCUT2D eigenvalue weighted by atomic mass is 10.1. The number of sulfonamides is 1. The number of nitrogens with zero attached hydrogens (tertiary/aromatic N) is 3. The Balaban J connectivity index is 1.63. The molecular weight excluding hydrogens is 314 g/mol. The van der Waals surface area contributed by atoms with Gasteiger partial charge in [0, 0.05) is 25.5 Å². The molecule has 3 rings (SSSR count). The molecule has 0 atom stereocenters. The van der Waals surface area contributed by atoms with E-state index in [1.807, 2.05) is 19.1 Å². The smallest absolute Gasteiger partial charge is 0.316 e. The molecule has 2 heterocycles. The largest absolute Gasteiger partial charge is 0.460 e. The average molecular weight is 333 g/mol. The van der Waals surface area contributed by atoms with Gasteiger partial charge in [-0.15, -0.1) is 0 Å². The molecule has 6 nitrogen and oxygen atoms in total. The van der Waals surface area contributed by atoms with E-state index in [4.69, 9.17) is 4.74 Å². The maximum Gasteiger partial charge on any atom is 0.316 e. The van der Waals surface area contributed by atoms with E-state index in [-0.39, 0.29) is 6.10 Å². The van der Waals surface area contributed by atoms with Crippen LogP contribution in [0.3, 0.4) is 0 Å². The van der Waals surface area contributed by atoms with Crippen LogP contribution in [-0.4, -0.2) is 41.9 Å². The number of ether oxygens (including phenoxy) is 1. The van der Waals surface area contributed by atoms with Crippen LogP contribution >= 0.6 is 0 Å². The van der Waals surface area contributed by atoms with E-state index in [9.17, 15) is 8.42 Å². The van der Waals surface area contributed by atoms with Gasteiger partial charge in [-0.05, 0) is 38.0 Å². The van der Waals surface area contributed by atoms with E-state index in [0.29, 0.717) is 36.8 Å². The van der Waals surface area contributed by atoms with Crippen LogP contribution in [0.5, 0.6) is 6.01 Å². The summed E-state index contributed by atoms with van der Waals surface area (Å²) in [7, 11) is -3.43.